The van der Waals surface area contributed by atoms with Gasteiger partial charge in [0, 0.05) is 23.1 Å². The third-order valence-electron chi connectivity index (χ3n) is 4.81. The standard InChI is InChI=1S/C23H17ClFN3O2/c1-14-4-9-18(11-19(14)24)27-21-20(16-5-7-17(25)8-6-16)22(29)28(23(21)30)13-15-3-2-10-26-12-15/h2-12,27H,13H2,1H3. The molecule has 1 aliphatic rings. The third-order valence-corrected chi connectivity index (χ3v) is 5.21. The van der Waals surface area contributed by atoms with Crippen molar-refractivity contribution in [2.24, 2.45) is 0 Å². The first-order valence-electron chi connectivity index (χ1n) is 9.22. The van der Waals surface area contributed by atoms with Crippen LogP contribution < -0.4 is 5.32 Å². The number of nitrogens with zero attached hydrogens (tertiary/aromatic N) is 2. The van der Waals surface area contributed by atoms with Gasteiger partial charge in [-0.2, -0.15) is 0 Å². The molecule has 0 fully saturated rings. The minimum atomic E-state index is -0.472. The number of hydrogen-bond donors (Lipinski definition) is 1. The quantitative estimate of drug-likeness (QED) is 0.613. The summed E-state index contributed by atoms with van der Waals surface area (Å²) in [6, 6.07) is 14.3. The van der Waals surface area contributed by atoms with Crippen LogP contribution in [0.25, 0.3) is 5.57 Å². The Bertz CT molecular complexity index is 1160. The molecular formula is C23H17ClFN3O2. The number of carbonyl (C=O) groups excluding carboxylic acids is 2. The van der Waals surface area contributed by atoms with Gasteiger partial charge >= 0.3 is 0 Å². The maximum atomic E-state index is 13.4. The van der Waals surface area contributed by atoms with E-state index in [4.69, 9.17) is 11.6 Å². The number of amides is 2. The van der Waals surface area contributed by atoms with Gasteiger partial charge in [0.1, 0.15) is 11.5 Å². The number of aromatic nitrogens is 1. The Hall–Kier alpha value is -3.51. The van der Waals surface area contributed by atoms with Gasteiger partial charge in [-0.25, -0.2) is 4.39 Å². The van der Waals surface area contributed by atoms with Gasteiger partial charge in [0.05, 0.1) is 12.1 Å². The summed E-state index contributed by atoms with van der Waals surface area (Å²) in [6.45, 7) is 1.95. The second-order valence-corrected chi connectivity index (χ2v) is 7.31. The van der Waals surface area contributed by atoms with Crippen LogP contribution >= 0.6 is 11.6 Å². The number of anilines is 1. The highest BCUT2D eigenvalue weighted by atomic mass is 35.5. The number of pyridine rings is 1. The SMILES string of the molecule is Cc1ccc(NC2=C(c3ccc(F)cc3)C(=O)N(Cc3cccnc3)C2=O)cc1Cl. The molecule has 1 aliphatic heterocycles. The summed E-state index contributed by atoms with van der Waals surface area (Å²) in [5.41, 5.74) is 2.93. The van der Waals surface area contributed by atoms with Crippen LogP contribution in [0, 0.1) is 12.7 Å². The Morgan fingerprint density at radius 3 is 2.50 bits per heavy atom. The first kappa shape index (κ1) is 19.8. The van der Waals surface area contributed by atoms with Crippen LogP contribution in [0.1, 0.15) is 16.7 Å². The van der Waals surface area contributed by atoms with E-state index >= 15 is 0 Å². The second-order valence-electron chi connectivity index (χ2n) is 6.90. The monoisotopic (exact) mass is 421 g/mol. The zero-order chi connectivity index (χ0) is 21.3. The molecule has 0 unspecified atom stereocenters. The molecule has 0 atom stereocenters. The molecule has 0 spiro atoms. The average molecular weight is 422 g/mol. The summed E-state index contributed by atoms with van der Waals surface area (Å²) in [7, 11) is 0. The number of imide groups is 1. The lowest BCUT2D eigenvalue weighted by Crippen LogP contribution is -2.32. The highest BCUT2D eigenvalue weighted by molar-refractivity contribution is 6.36. The molecule has 150 valence electrons. The first-order chi connectivity index (χ1) is 14.4. The number of carbonyl (C=O) groups is 2. The van der Waals surface area contributed by atoms with E-state index < -0.39 is 17.6 Å². The fourth-order valence-electron chi connectivity index (χ4n) is 3.21. The van der Waals surface area contributed by atoms with Crippen molar-refractivity contribution in [3.05, 3.63) is 100 Å². The van der Waals surface area contributed by atoms with Crippen molar-refractivity contribution >= 4 is 34.7 Å². The largest absolute Gasteiger partial charge is 0.350 e. The van der Waals surface area contributed by atoms with Crippen LogP contribution in [0.5, 0.6) is 0 Å². The Morgan fingerprint density at radius 1 is 1.07 bits per heavy atom. The van der Waals surface area contributed by atoms with E-state index in [2.05, 4.69) is 10.3 Å². The lowest BCUT2D eigenvalue weighted by Gasteiger charge is -2.15. The third kappa shape index (κ3) is 3.82. The van der Waals surface area contributed by atoms with Gasteiger partial charge in [0.15, 0.2) is 0 Å². The van der Waals surface area contributed by atoms with Gasteiger partial charge in [-0.15, -0.1) is 0 Å². The highest BCUT2D eigenvalue weighted by Gasteiger charge is 2.39. The van der Waals surface area contributed by atoms with Crippen LogP contribution in [-0.4, -0.2) is 21.7 Å². The molecule has 30 heavy (non-hydrogen) atoms. The number of hydrogen-bond acceptors (Lipinski definition) is 4. The summed E-state index contributed by atoms with van der Waals surface area (Å²) < 4.78 is 13.4. The number of halogens is 2. The van der Waals surface area contributed by atoms with E-state index in [9.17, 15) is 14.0 Å². The molecule has 3 aromatic rings. The van der Waals surface area contributed by atoms with Crippen molar-refractivity contribution in [3.8, 4) is 0 Å². The average Bonchev–Trinajstić information content (AvgIpc) is 2.96. The fraction of sp³-hybridized carbons (Fsp3) is 0.0870. The number of rotatable bonds is 5. The molecule has 0 bridgehead atoms. The molecule has 0 radical (unpaired) electrons. The summed E-state index contributed by atoms with van der Waals surface area (Å²) >= 11 is 6.20. The van der Waals surface area contributed by atoms with Gasteiger partial charge < -0.3 is 5.32 Å². The van der Waals surface area contributed by atoms with Gasteiger partial charge in [-0.05, 0) is 53.9 Å². The lowest BCUT2D eigenvalue weighted by molar-refractivity contribution is -0.137. The van der Waals surface area contributed by atoms with Crippen LogP contribution in [-0.2, 0) is 16.1 Å². The Labute approximate surface area is 177 Å². The van der Waals surface area contributed by atoms with E-state index in [-0.39, 0.29) is 17.8 Å². The molecule has 0 saturated carbocycles. The van der Waals surface area contributed by atoms with E-state index in [1.54, 1.807) is 36.7 Å². The van der Waals surface area contributed by atoms with Crippen molar-refractivity contribution in [3.63, 3.8) is 0 Å². The van der Waals surface area contributed by atoms with Gasteiger partial charge in [-0.3, -0.25) is 19.5 Å². The molecule has 2 heterocycles. The van der Waals surface area contributed by atoms with Crippen LogP contribution in [0.15, 0.2) is 72.7 Å². The summed E-state index contributed by atoms with van der Waals surface area (Å²) in [6.07, 6.45) is 3.22. The van der Waals surface area contributed by atoms with E-state index in [0.717, 1.165) is 16.0 Å². The van der Waals surface area contributed by atoms with Crippen molar-refractivity contribution in [2.75, 3.05) is 5.32 Å². The highest BCUT2D eigenvalue weighted by Crippen LogP contribution is 2.32. The number of aryl methyl sites for hydroxylation is 1. The van der Waals surface area contributed by atoms with Crippen molar-refractivity contribution < 1.29 is 14.0 Å². The molecule has 1 N–H and O–H groups in total. The number of benzene rings is 2. The smallest absolute Gasteiger partial charge is 0.278 e. The summed E-state index contributed by atoms with van der Waals surface area (Å²) in [4.78, 5) is 31.6. The lowest BCUT2D eigenvalue weighted by atomic mass is 10.0. The van der Waals surface area contributed by atoms with Crippen LogP contribution in [0.3, 0.4) is 0 Å². The van der Waals surface area contributed by atoms with Crippen LogP contribution in [0.2, 0.25) is 5.02 Å². The zero-order valence-electron chi connectivity index (χ0n) is 16.0. The molecule has 0 saturated heterocycles. The maximum Gasteiger partial charge on any atom is 0.278 e. The molecule has 0 aliphatic carbocycles. The molecule has 4 rings (SSSR count). The van der Waals surface area contributed by atoms with Crippen molar-refractivity contribution in [1.82, 2.24) is 9.88 Å². The Kier molecular flexibility index (Phi) is 5.33. The van der Waals surface area contributed by atoms with Crippen LogP contribution in [0.4, 0.5) is 10.1 Å². The van der Waals surface area contributed by atoms with Crippen molar-refractivity contribution in [2.45, 2.75) is 13.5 Å². The summed E-state index contributed by atoms with van der Waals surface area (Å²) in [5, 5.41) is 3.58. The fourth-order valence-corrected chi connectivity index (χ4v) is 3.39. The second kappa shape index (κ2) is 8.08. The van der Waals surface area contributed by atoms with Crippen molar-refractivity contribution in [1.29, 1.82) is 0 Å². The van der Waals surface area contributed by atoms with E-state index in [1.165, 1.54) is 24.3 Å². The topological polar surface area (TPSA) is 62.3 Å². The van der Waals surface area contributed by atoms with Gasteiger partial charge in [-0.1, -0.05) is 35.9 Å². The molecular weight excluding hydrogens is 405 g/mol. The van der Waals surface area contributed by atoms with E-state index in [1.807, 2.05) is 13.0 Å². The molecule has 2 aromatic carbocycles. The maximum absolute atomic E-state index is 13.4. The normalized spacial score (nSPS) is 13.9. The molecule has 5 nitrogen and oxygen atoms in total. The number of nitrogens with one attached hydrogen (secondary N) is 1. The first-order valence-corrected chi connectivity index (χ1v) is 9.60. The Balaban J connectivity index is 1.75. The summed E-state index contributed by atoms with van der Waals surface area (Å²) in [5.74, 6) is -1.36. The molecule has 7 heteroatoms. The van der Waals surface area contributed by atoms with Gasteiger partial charge in [0.2, 0.25) is 0 Å². The van der Waals surface area contributed by atoms with E-state index in [0.29, 0.717) is 16.3 Å². The minimum Gasteiger partial charge on any atom is -0.350 e. The zero-order valence-corrected chi connectivity index (χ0v) is 16.8. The molecule has 1 aromatic heterocycles. The predicted octanol–water partition coefficient (Wildman–Crippen LogP) is 4.57. The predicted molar refractivity (Wildman–Crippen MR) is 113 cm³/mol. The Morgan fingerprint density at radius 2 is 1.83 bits per heavy atom. The molecule has 2 amide bonds. The van der Waals surface area contributed by atoms with Gasteiger partial charge in [0.25, 0.3) is 11.8 Å². The minimum absolute atomic E-state index is 0.0794.